The van der Waals surface area contributed by atoms with Crippen LogP contribution in [0.5, 0.6) is 0 Å². The minimum absolute atomic E-state index is 0.0862. The van der Waals surface area contributed by atoms with E-state index in [0.717, 1.165) is 44.9 Å². The molecular weight excluding hydrogens is 584 g/mol. The number of unbranched alkanes of at least 4 members (excludes halogenated alkanes) is 19. The fourth-order valence-corrected chi connectivity index (χ4v) is 5.37. The quantitative estimate of drug-likeness (QED) is 0.0417. The van der Waals surface area contributed by atoms with Crippen LogP contribution in [0.25, 0.3) is 0 Å². The summed E-state index contributed by atoms with van der Waals surface area (Å²) < 4.78 is 10.6. The number of carbonyl (C=O) groups is 2. The molecule has 0 aliphatic rings. The Hall–Kier alpha value is -2.14. The second-order valence-corrected chi connectivity index (χ2v) is 13.0. The molecule has 0 heterocycles. The maximum absolute atomic E-state index is 12.1. The predicted octanol–water partition coefficient (Wildman–Crippen LogP) is 12.2. The highest BCUT2D eigenvalue weighted by Crippen LogP contribution is 2.14. The zero-order valence-corrected chi connectivity index (χ0v) is 30.8. The van der Waals surface area contributed by atoms with E-state index in [-0.39, 0.29) is 31.6 Å². The molecule has 0 aromatic carbocycles. The monoisotopic (exact) mass is 659 g/mol. The number of aliphatic hydroxyl groups excluding tert-OH is 1. The van der Waals surface area contributed by atoms with Gasteiger partial charge in [-0.1, -0.05) is 172 Å². The lowest BCUT2D eigenvalue weighted by atomic mass is 10.0. The summed E-state index contributed by atoms with van der Waals surface area (Å²) in [6.45, 7) is 4.06. The topological polar surface area (TPSA) is 72.8 Å². The number of hydrogen-bond donors (Lipinski definition) is 1. The number of esters is 2. The van der Waals surface area contributed by atoms with Gasteiger partial charge in [-0.25, -0.2) is 0 Å². The molecule has 5 nitrogen and oxygen atoms in total. The summed E-state index contributed by atoms with van der Waals surface area (Å²) in [7, 11) is 0. The van der Waals surface area contributed by atoms with Crippen LogP contribution in [0.1, 0.15) is 187 Å². The molecule has 0 radical (unpaired) electrons. The zero-order valence-electron chi connectivity index (χ0n) is 30.8. The molecule has 272 valence electrons. The Labute approximate surface area is 290 Å². The normalized spacial score (nSPS) is 12.7. The van der Waals surface area contributed by atoms with Crippen molar-refractivity contribution < 1.29 is 24.2 Å². The van der Waals surface area contributed by atoms with E-state index in [1.165, 1.54) is 109 Å². The molecule has 1 atom stereocenters. The Kier molecular flexibility index (Phi) is 36.6. The maximum Gasteiger partial charge on any atom is 0.306 e. The molecule has 0 saturated carbocycles. The summed E-state index contributed by atoms with van der Waals surface area (Å²) in [5, 5.41) is 9.54. The fourth-order valence-electron chi connectivity index (χ4n) is 5.37. The molecule has 5 heteroatoms. The first-order valence-electron chi connectivity index (χ1n) is 19.7. The molecule has 0 aromatic rings. The lowest BCUT2D eigenvalue weighted by molar-refractivity contribution is -0.161. The van der Waals surface area contributed by atoms with E-state index in [1.807, 2.05) is 0 Å². The van der Waals surface area contributed by atoms with Crippen molar-refractivity contribution in [2.45, 2.75) is 193 Å². The highest BCUT2D eigenvalue weighted by atomic mass is 16.6. The van der Waals surface area contributed by atoms with E-state index in [0.29, 0.717) is 12.8 Å². The Balaban J connectivity index is 3.64. The average Bonchev–Trinajstić information content (AvgIpc) is 3.07. The van der Waals surface area contributed by atoms with Crippen LogP contribution in [-0.2, 0) is 19.1 Å². The molecule has 0 spiro atoms. The fraction of sp³-hybridized carbons (Fsp3) is 0.762. The van der Waals surface area contributed by atoms with Gasteiger partial charge in [-0.05, 0) is 51.4 Å². The SMILES string of the molecule is CCCCC/C=C/C/C=C/C/C=C/C/C=C/CCCC(=O)O[C@@H](CO)COC(=O)CCCCCCCCCCCCCCCCCC. The van der Waals surface area contributed by atoms with E-state index >= 15 is 0 Å². The van der Waals surface area contributed by atoms with Crippen molar-refractivity contribution in [1.82, 2.24) is 0 Å². The van der Waals surface area contributed by atoms with E-state index in [1.54, 1.807) is 0 Å². The van der Waals surface area contributed by atoms with Crippen molar-refractivity contribution in [1.29, 1.82) is 0 Å². The lowest BCUT2D eigenvalue weighted by Gasteiger charge is -2.15. The van der Waals surface area contributed by atoms with E-state index < -0.39 is 6.10 Å². The highest BCUT2D eigenvalue weighted by Gasteiger charge is 2.15. The number of allylic oxidation sites excluding steroid dienone is 8. The van der Waals surface area contributed by atoms with Crippen molar-refractivity contribution in [3.63, 3.8) is 0 Å². The van der Waals surface area contributed by atoms with Crippen LogP contribution in [0.15, 0.2) is 48.6 Å². The second-order valence-electron chi connectivity index (χ2n) is 13.0. The average molecular weight is 659 g/mol. The Morgan fingerprint density at radius 1 is 0.489 bits per heavy atom. The van der Waals surface area contributed by atoms with Gasteiger partial charge in [0.15, 0.2) is 6.10 Å². The molecule has 0 aliphatic heterocycles. The van der Waals surface area contributed by atoms with Crippen LogP contribution in [0.3, 0.4) is 0 Å². The van der Waals surface area contributed by atoms with Crippen LogP contribution in [0.2, 0.25) is 0 Å². The second kappa shape index (κ2) is 38.3. The molecule has 0 fully saturated rings. The molecule has 0 bridgehead atoms. The first-order valence-corrected chi connectivity index (χ1v) is 19.7. The Morgan fingerprint density at radius 2 is 0.872 bits per heavy atom. The van der Waals surface area contributed by atoms with Crippen LogP contribution in [0.4, 0.5) is 0 Å². The summed E-state index contributed by atoms with van der Waals surface area (Å²) >= 11 is 0. The largest absolute Gasteiger partial charge is 0.462 e. The van der Waals surface area contributed by atoms with Gasteiger partial charge in [-0.3, -0.25) is 9.59 Å². The van der Waals surface area contributed by atoms with Crippen LogP contribution in [0, 0.1) is 0 Å². The Bertz CT molecular complexity index is 797. The number of carbonyl (C=O) groups excluding carboxylic acids is 2. The molecule has 0 rings (SSSR count). The minimum atomic E-state index is -0.797. The molecule has 47 heavy (non-hydrogen) atoms. The van der Waals surface area contributed by atoms with Crippen molar-refractivity contribution in [2.24, 2.45) is 0 Å². The van der Waals surface area contributed by atoms with E-state index in [9.17, 15) is 14.7 Å². The molecule has 0 aromatic heterocycles. The van der Waals surface area contributed by atoms with Gasteiger partial charge in [0.2, 0.25) is 0 Å². The third kappa shape index (κ3) is 36.5. The Morgan fingerprint density at radius 3 is 1.34 bits per heavy atom. The van der Waals surface area contributed by atoms with Crippen LogP contribution in [-0.4, -0.2) is 36.4 Å². The standard InChI is InChI=1S/C42H74O5/c1-3-5-7-9-11-13-15-17-19-21-23-25-27-29-31-33-35-37-42(45)47-40(38-43)39-46-41(44)36-34-32-30-28-26-24-22-20-18-16-14-12-10-8-6-4-2/h11,13,17,19,23,25,29,31,40,43H,3-10,12,14-16,18,20-22,24,26-28,30,32-39H2,1-2H3/b13-11+,19-17+,25-23+,31-29+/t40-/m0/s1. The van der Waals surface area contributed by atoms with Gasteiger partial charge in [-0.2, -0.15) is 0 Å². The van der Waals surface area contributed by atoms with E-state index in [4.69, 9.17) is 9.47 Å². The zero-order chi connectivity index (χ0) is 34.3. The summed E-state index contributed by atoms with van der Waals surface area (Å²) in [6, 6.07) is 0. The third-order valence-electron chi connectivity index (χ3n) is 8.38. The predicted molar refractivity (Wildman–Crippen MR) is 200 cm³/mol. The van der Waals surface area contributed by atoms with E-state index in [2.05, 4.69) is 62.5 Å². The molecular formula is C42H74O5. The number of aliphatic hydroxyl groups is 1. The van der Waals surface area contributed by atoms with Gasteiger partial charge >= 0.3 is 11.9 Å². The van der Waals surface area contributed by atoms with Gasteiger partial charge in [0.05, 0.1) is 6.61 Å². The van der Waals surface area contributed by atoms with Gasteiger partial charge in [0, 0.05) is 12.8 Å². The summed E-state index contributed by atoms with van der Waals surface area (Å²) in [5.74, 6) is -0.654. The number of hydrogen-bond acceptors (Lipinski definition) is 5. The van der Waals surface area contributed by atoms with Crippen molar-refractivity contribution in [3.05, 3.63) is 48.6 Å². The first-order chi connectivity index (χ1) is 23.1. The number of ether oxygens (including phenoxy) is 2. The van der Waals surface area contributed by atoms with Gasteiger partial charge < -0.3 is 14.6 Å². The summed E-state index contributed by atoms with van der Waals surface area (Å²) in [5.41, 5.74) is 0. The number of rotatable bonds is 35. The smallest absolute Gasteiger partial charge is 0.306 e. The van der Waals surface area contributed by atoms with Crippen molar-refractivity contribution >= 4 is 11.9 Å². The summed E-state index contributed by atoms with van der Waals surface area (Å²) in [6.07, 6.45) is 47.4. The first kappa shape index (κ1) is 44.9. The molecule has 0 amide bonds. The van der Waals surface area contributed by atoms with Gasteiger partial charge in [-0.15, -0.1) is 0 Å². The molecule has 0 unspecified atom stereocenters. The van der Waals surface area contributed by atoms with Gasteiger partial charge in [0.25, 0.3) is 0 Å². The highest BCUT2D eigenvalue weighted by molar-refractivity contribution is 5.70. The molecule has 1 N–H and O–H groups in total. The maximum atomic E-state index is 12.1. The third-order valence-corrected chi connectivity index (χ3v) is 8.38. The lowest BCUT2D eigenvalue weighted by Crippen LogP contribution is -2.28. The van der Waals surface area contributed by atoms with Crippen molar-refractivity contribution in [2.75, 3.05) is 13.2 Å². The minimum Gasteiger partial charge on any atom is -0.462 e. The molecule has 0 saturated heterocycles. The summed E-state index contributed by atoms with van der Waals surface area (Å²) in [4.78, 5) is 24.2. The van der Waals surface area contributed by atoms with Crippen molar-refractivity contribution in [3.8, 4) is 0 Å². The van der Waals surface area contributed by atoms with Crippen LogP contribution >= 0.6 is 0 Å². The van der Waals surface area contributed by atoms with Crippen LogP contribution < -0.4 is 0 Å². The van der Waals surface area contributed by atoms with Gasteiger partial charge in [0.1, 0.15) is 6.61 Å². The molecule has 0 aliphatic carbocycles.